The first-order valence-electron chi connectivity index (χ1n) is 5.61. The maximum atomic E-state index is 12.9. The highest BCUT2D eigenvalue weighted by Gasteiger charge is 2.19. The minimum atomic E-state index is -0.813. The fourth-order valence-electron chi connectivity index (χ4n) is 1.45. The van der Waals surface area contributed by atoms with E-state index in [2.05, 4.69) is 20.8 Å². The Balaban J connectivity index is 2.23. The number of hydrogen-bond acceptors (Lipinski definition) is 9. The van der Waals surface area contributed by atoms with Crippen molar-refractivity contribution in [3.8, 4) is 0 Å². The lowest BCUT2D eigenvalue weighted by molar-refractivity contribution is -0.393. The number of hydrogen-bond donors (Lipinski definition) is 3. The molecule has 0 amide bonds. The van der Waals surface area contributed by atoms with Crippen LogP contribution in [-0.2, 0) is 0 Å². The zero-order valence-electron chi connectivity index (χ0n) is 10.7. The van der Waals surface area contributed by atoms with Gasteiger partial charge in [-0.2, -0.15) is 4.98 Å². The molecule has 0 spiro atoms. The van der Waals surface area contributed by atoms with Gasteiger partial charge in [0, 0.05) is 6.07 Å². The molecule has 114 valence electrons. The minimum Gasteiger partial charge on any atom is -0.381 e. The van der Waals surface area contributed by atoms with Crippen molar-refractivity contribution in [2.45, 2.75) is 0 Å². The number of nitrogens with two attached hydrogens (primary N) is 1. The van der Waals surface area contributed by atoms with E-state index in [9.17, 15) is 24.6 Å². The Morgan fingerprint density at radius 2 is 1.91 bits per heavy atom. The van der Waals surface area contributed by atoms with Gasteiger partial charge in [0.25, 0.3) is 5.69 Å². The van der Waals surface area contributed by atoms with E-state index in [1.807, 2.05) is 0 Å². The van der Waals surface area contributed by atoms with E-state index in [1.54, 1.807) is 0 Å². The van der Waals surface area contributed by atoms with Gasteiger partial charge in [0.1, 0.15) is 5.69 Å². The number of aromatic nitrogens is 2. The van der Waals surface area contributed by atoms with E-state index >= 15 is 0 Å². The van der Waals surface area contributed by atoms with E-state index in [1.165, 1.54) is 0 Å². The number of halogens is 1. The van der Waals surface area contributed by atoms with Gasteiger partial charge in [-0.3, -0.25) is 31.1 Å². The molecule has 0 aliphatic heterocycles. The highest BCUT2D eigenvalue weighted by molar-refractivity contribution is 5.66. The van der Waals surface area contributed by atoms with E-state index in [-0.39, 0.29) is 11.6 Å². The number of nitro groups is 2. The molecule has 0 radical (unpaired) electrons. The smallest absolute Gasteiger partial charge is 0.300 e. The Hall–Kier alpha value is -3.57. The first-order valence-corrected chi connectivity index (χ1v) is 5.61. The number of anilines is 3. The van der Waals surface area contributed by atoms with Crippen LogP contribution < -0.4 is 16.6 Å². The summed E-state index contributed by atoms with van der Waals surface area (Å²) in [6.45, 7) is 0. The molecule has 12 heteroatoms. The maximum absolute atomic E-state index is 12.9. The molecule has 1 aromatic carbocycles. The zero-order valence-corrected chi connectivity index (χ0v) is 10.7. The first kappa shape index (κ1) is 14.8. The van der Waals surface area contributed by atoms with Gasteiger partial charge in [0.05, 0.1) is 22.1 Å². The van der Waals surface area contributed by atoms with Crippen molar-refractivity contribution in [1.82, 2.24) is 9.97 Å². The number of nitrogen functional groups attached to an aromatic ring is 1. The zero-order chi connectivity index (χ0) is 16.3. The fraction of sp³-hybridized carbons (Fsp3) is 0. The third-order valence-electron chi connectivity index (χ3n) is 2.47. The number of hydrazine groups is 1. The molecule has 2 rings (SSSR count). The van der Waals surface area contributed by atoms with Crippen LogP contribution in [-0.4, -0.2) is 19.8 Å². The molecule has 1 aromatic heterocycles. The first-order chi connectivity index (χ1) is 10.4. The summed E-state index contributed by atoms with van der Waals surface area (Å²) in [5.41, 5.74) is 9.00. The van der Waals surface area contributed by atoms with Crippen LogP contribution >= 0.6 is 0 Å². The van der Waals surface area contributed by atoms with E-state index < -0.39 is 32.9 Å². The molecule has 0 aliphatic rings. The number of nitrogens with zero attached hydrogens (tertiary/aromatic N) is 4. The predicted molar refractivity (Wildman–Crippen MR) is 73.4 cm³/mol. The maximum Gasteiger partial charge on any atom is 0.300 e. The average molecular weight is 309 g/mol. The summed E-state index contributed by atoms with van der Waals surface area (Å²) in [7, 11) is 0. The lowest BCUT2D eigenvalue weighted by Gasteiger charge is -2.08. The second-order valence-corrected chi connectivity index (χ2v) is 3.89. The topological polar surface area (TPSA) is 162 Å². The molecule has 0 saturated carbocycles. The van der Waals surface area contributed by atoms with Gasteiger partial charge in [-0.25, -0.2) is 9.37 Å². The fourth-order valence-corrected chi connectivity index (χ4v) is 1.45. The van der Waals surface area contributed by atoms with Crippen LogP contribution in [0.3, 0.4) is 0 Å². The van der Waals surface area contributed by atoms with Crippen LogP contribution in [0.25, 0.3) is 0 Å². The summed E-state index contributed by atoms with van der Waals surface area (Å²) < 4.78 is 12.9. The molecule has 4 N–H and O–H groups in total. The van der Waals surface area contributed by atoms with Gasteiger partial charge in [0.2, 0.25) is 5.95 Å². The van der Waals surface area contributed by atoms with Crippen molar-refractivity contribution >= 4 is 28.8 Å². The molecular weight excluding hydrogens is 301 g/mol. The molecule has 11 nitrogen and oxygen atoms in total. The Labute approximate surface area is 121 Å². The van der Waals surface area contributed by atoms with Crippen LogP contribution in [0, 0.1) is 26.0 Å². The molecule has 0 aliphatic carbocycles. The second kappa shape index (κ2) is 5.82. The molecule has 0 bridgehead atoms. The summed E-state index contributed by atoms with van der Waals surface area (Å²) in [5.74, 6) is -1.35. The summed E-state index contributed by atoms with van der Waals surface area (Å²) >= 11 is 0. The SMILES string of the molecule is Nc1nc(NNc2ccc([N+](=O)[O-])cc2[N+](=O)[O-])ncc1F. The van der Waals surface area contributed by atoms with Gasteiger partial charge in [-0.15, -0.1) is 0 Å². The number of nitro benzene ring substituents is 2. The highest BCUT2D eigenvalue weighted by atomic mass is 19.1. The van der Waals surface area contributed by atoms with E-state index in [0.717, 1.165) is 24.4 Å². The number of non-ortho nitro benzene ring substituents is 1. The molecule has 22 heavy (non-hydrogen) atoms. The number of nitrogens with one attached hydrogen (secondary N) is 2. The van der Waals surface area contributed by atoms with Crippen molar-refractivity contribution in [3.05, 3.63) is 50.4 Å². The van der Waals surface area contributed by atoms with Crippen LogP contribution in [0.4, 0.5) is 33.2 Å². The normalized spacial score (nSPS) is 10.0. The summed E-state index contributed by atoms with van der Waals surface area (Å²) in [5, 5.41) is 21.5. The lowest BCUT2D eigenvalue weighted by atomic mass is 10.2. The molecular formula is C10H8FN7O4. The lowest BCUT2D eigenvalue weighted by Crippen LogP contribution is -2.14. The molecule has 0 saturated heterocycles. The van der Waals surface area contributed by atoms with Gasteiger partial charge >= 0.3 is 5.69 Å². The third-order valence-corrected chi connectivity index (χ3v) is 2.47. The van der Waals surface area contributed by atoms with Crippen molar-refractivity contribution in [2.24, 2.45) is 0 Å². The van der Waals surface area contributed by atoms with Gasteiger partial charge < -0.3 is 5.73 Å². The highest BCUT2D eigenvalue weighted by Crippen LogP contribution is 2.28. The van der Waals surface area contributed by atoms with Crippen molar-refractivity contribution in [1.29, 1.82) is 0 Å². The van der Waals surface area contributed by atoms with Gasteiger partial charge in [0.15, 0.2) is 11.6 Å². The third kappa shape index (κ3) is 3.12. The molecule has 1 heterocycles. The average Bonchev–Trinajstić information content (AvgIpc) is 2.48. The van der Waals surface area contributed by atoms with E-state index in [0.29, 0.717) is 0 Å². The van der Waals surface area contributed by atoms with Crippen LogP contribution in [0.2, 0.25) is 0 Å². The van der Waals surface area contributed by atoms with E-state index in [4.69, 9.17) is 5.73 Å². The molecule has 2 aromatic rings. The Morgan fingerprint density at radius 3 is 2.50 bits per heavy atom. The van der Waals surface area contributed by atoms with Crippen LogP contribution in [0.1, 0.15) is 0 Å². The summed E-state index contributed by atoms with van der Waals surface area (Å²) in [4.78, 5) is 27.1. The van der Waals surface area contributed by atoms with Crippen molar-refractivity contribution in [2.75, 3.05) is 16.6 Å². The Bertz CT molecular complexity index is 754. The van der Waals surface area contributed by atoms with Crippen molar-refractivity contribution in [3.63, 3.8) is 0 Å². The Kier molecular flexibility index (Phi) is 3.92. The number of benzene rings is 1. The standard InChI is InChI=1S/C10H8FN7O4/c11-6-4-13-10(14-9(6)12)16-15-7-2-1-5(17(19)20)3-8(7)18(21)22/h1-4,15H,(H3,12,13,14,16). The molecule has 0 atom stereocenters. The number of rotatable bonds is 5. The van der Waals surface area contributed by atoms with Gasteiger partial charge in [-0.1, -0.05) is 0 Å². The van der Waals surface area contributed by atoms with Gasteiger partial charge in [-0.05, 0) is 6.07 Å². The monoisotopic (exact) mass is 309 g/mol. The predicted octanol–water partition coefficient (Wildman–Crippen LogP) is 1.45. The summed E-state index contributed by atoms with van der Waals surface area (Å²) in [6, 6.07) is 3.01. The largest absolute Gasteiger partial charge is 0.381 e. The van der Waals surface area contributed by atoms with Crippen molar-refractivity contribution < 1.29 is 14.2 Å². The molecule has 0 unspecified atom stereocenters. The molecule has 0 fully saturated rings. The van der Waals surface area contributed by atoms with Crippen LogP contribution in [0.15, 0.2) is 24.4 Å². The summed E-state index contributed by atoms with van der Waals surface area (Å²) in [6.07, 6.45) is 0.816. The minimum absolute atomic E-state index is 0.0675. The Morgan fingerprint density at radius 1 is 1.18 bits per heavy atom. The second-order valence-electron chi connectivity index (χ2n) is 3.89. The van der Waals surface area contributed by atoms with Crippen LogP contribution in [0.5, 0.6) is 0 Å². The quantitative estimate of drug-likeness (QED) is 0.547.